The third kappa shape index (κ3) is 3.43. The van der Waals surface area contributed by atoms with Crippen LogP contribution >= 0.6 is 0 Å². The minimum absolute atomic E-state index is 0.290. The van der Waals surface area contributed by atoms with Crippen LogP contribution in [0.1, 0.15) is 12.5 Å². The summed E-state index contributed by atoms with van der Waals surface area (Å²) in [6.07, 6.45) is 3.06. The molecule has 1 heterocycles. The normalized spacial score (nSPS) is 11.4. The molecule has 8 nitrogen and oxygen atoms in total. The van der Waals surface area contributed by atoms with Crippen LogP contribution in [0.15, 0.2) is 46.1 Å². The van der Waals surface area contributed by atoms with E-state index in [0.717, 1.165) is 11.6 Å². The molecular weight excluding hydrogens is 310 g/mol. The van der Waals surface area contributed by atoms with Gasteiger partial charge in [-0.1, -0.05) is 0 Å². The highest BCUT2D eigenvalue weighted by Gasteiger charge is 2.22. The van der Waals surface area contributed by atoms with Crippen molar-refractivity contribution in [1.82, 2.24) is 0 Å². The Kier molecular flexibility index (Phi) is 4.48. The molecule has 0 saturated carbocycles. The molecule has 2 rings (SSSR count). The molecule has 1 aromatic carbocycles. The molecule has 0 aliphatic heterocycles. The van der Waals surface area contributed by atoms with Gasteiger partial charge in [-0.2, -0.15) is 0 Å². The number of nitro groups is 1. The third-order valence-corrected chi connectivity index (χ3v) is 4.06. The summed E-state index contributed by atoms with van der Waals surface area (Å²) in [6.45, 7) is 2.75. The highest BCUT2D eigenvalue weighted by molar-refractivity contribution is 7.89. The molecule has 0 aliphatic carbocycles. The van der Waals surface area contributed by atoms with Crippen molar-refractivity contribution in [2.24, 2.45) is 5.14 Å². The average Bonchev–Trinajstić information content (AvgIpc) is 2.96. The summed E-state index contributed by atoms with van der Waals surface area (Å²) < 4.78 is 27.7. The van der Waals surface area contributed by atoms with E-state index in [1.54, 1.807) is 17.2 Å². The summed E-state index contributed by atoms with van der Waals surface area (Å²) in [4.78, 5) is 12.1. The van der Waals surface area contributed by atoms with Crippen molar-refractivity contribution in [3.05, 3.63) is 52.5 Å². The van der Waals surface area contributed by atoms with Gasteiger partial charge in [0.25, 0.3) is 5.69 Å². The number of nitrogens with two attached hydrogens (primary N) is 1. The lowest BCUT2D eigenvalue weighted by Crippen LogP contribution is -2.23. The van der Waals surface area contributed by atoms with E-state index in [4.69, 9.17) is 9.56 Å². The van der Waals surface area contributed by atoms with Gasteiger partial charge in [0, 0.05) is 24.7 Å². The molecule has 0 amide bonds. The Bertz CT molecular complexity index is 771. The minimum atomic E-state index is -4.00. The molecule has 9 heteroatoms. The maximum Gasteiger partial charge on any atom is 0.293 e. The number of rotatable bonds is 6. The minimum Gasteiger partial charge on any atom is -0.472 e. The monoisotopic (exact) mass is 325 g/mol. The van der Waals surface area contributed by atoms with E-state index in [9.17, 15) is 18.5 Å². The summed E-state index contributed by atoms with van der Waals surface area (Å²) in [5.74, 6) is 0. The Hall–Kier alpha value is -2.39. The van der Waals surface area contributed by atoms with E-state index >= 15 is 0 Å². The Morgan fingerprint density at radius 2 is 2.09 bits per heavy atom. The highest BCUT2D eigenvalue weighted by atomic mass is 32.2. The summed E-state index contributed by atoms with van der Waals surface area (Å²) in [6, 6.07) is 5.38. The van der Waals surface area contributed by atoms with Crippen molar-refractivity contribution in [3.8, 4) is 0 Å². The fourth-order valence-electron chi connectivity index (χ4n) is 2.06. The Labute approximate surface area is 127 Å². The molecule has 0 radical (unpaired) electrons. The molecular formula is C13H15N3O5S. The van der Waals surface area contributed by atoms with Crippen LogP contribution < -0.4 is 10.0 Å². The predicted octanol–water partition coefficient (Wildman–Crippen LogP) is 1.86. The number of anilines is 1. The quantitative estimate of drug-likeness (QED) is 0.639. The predicted molar refractivity (Wildman–Crippen MR) is 79.9 cm³/mol. The molecule has 0 aliphatic rings. The number of nitro benzene ring substituents is 1. The number of benzene rings is 1. The summed E-state index contributed by atoms with van der Waals surface area (Å²) in [5, 5.41) is 16.3. The molecule has 0 spiro atoms. The number of hydrogen-bond acceptors (Lipinski definition) is 6. The fraction of sp³-hybridized carbons (Fsp3) is 0.231. The average molecular weight is 325 g/mol. The van der Waals surface area contributed by atoms with E-state index in [-0.39, 0.29) is 10.6 Å². The van der Waals surface area contributed by atoms with Crippen LogP contribution in [-0.4, -0.2) is 19.9 Å². The zero-order chi connectivity index (χ0) is 16.3. The van der Waals surface area contributed by atoms with Crippen molar-refractivity contribution in [2.45, 2.75) is 18.4 Å². The fourth-order valence-corrected chi connectivity index (χ4v) is 2.60. The van der Waals surface area contributed by atoms with Gasteiger partial charge < -0.3 is 9.32 Å². The van der Waals surface area contributed by atoms with Gasteiger partial charge in [-0.05, 0) is 25.1 Å². The lowest BCUT2D eigenvalue weighted by Gasteiger charge is -2.22. The van der Waals surface area contributed by atoms with E-state index in [1.165, 1.54) is 18.4 Å². The van der Waals surface area contributed by atoms with Gasteiger partial charge in [-0.3, -0.25) is 10.1 Å². The SMILES string of the molecule is CCN(Cc1ccoc1)c1ccc(S(N)(=O)=O)cc1[N+](=O)[O-]. The van der Waals surface area contributed by atoms with Gasteiger partial charge in [0.2, 0.25) is 10.0 Å². The first-order chi connectivity index (χ1) is 10.3. The third-order valence-electron chi connectivity index (χ3n) is 3.15. The molecule has 0 fully saturated rings. The van der Waals surface area contributed by atoms with Crippen LogP contribution in [0.5, 0.6) is 0 Å². The molecule has 2 N–H and O–H groups in total. The van der Waals surface area contributed by atoms with Crippen LogP contribution in [0, 0.1) is 10.1 Å². The lowest BCUT2D eigenvalue weighted by molar-refractivity contribution is -0.384. The van der Waals surface area contributed by atoms with Gasteiger partial charge >= 0.3 is 0 Å². The number of furan rings is 1. The largest absolute Gasteiger partial charge is 0.472 e. The zero-order valence-corrected chi connectivity index (χ0v) is 12.6. The van der Waals surface area contributed by atoms with E-state index in [1.807, 2.05) is 6.92 Å². The van der Waals surface area contributed by atoms with Crippen molar-refractivity contribution in [2.75, 3.05) is 11.4 Å². The maximum absolute atomic E-state index is 11.3. The van der Waals surface area contributed by atoms with Gasteiger partial charge in [0.15, 0.2) is 0 Å². The van der Waals surface area contributed by atoms with Crippen LogP contribution in [-0.2, 0) is 16.6 Å². The summed E-state index contributed by atoms with van der Waals surface area (Å²) >= 11 is 0. The molecule has 0 bridgehead atoms. The van der Waals surface area contributed by atoms with Crippen LogP contribution in [0.4, 0.5) is 11.4 Å². The molecule has 1 aromatic heterocycles. The first-order valence-corrected chi connectivity index (χ1v) is 7.95. The topological polar surface area (TPSA) is 120 Å². The van der Waals surface area contributed by atoms with Crippen LogP contribution in [0.25, 0.3) is 0 Å². The number of primary sulfonamides is 1. The number of sulfonamides is 1. The number of hydrogen-bond donors (Lipinski definition) is 1. The van der Waals surface area contributed by atoms with Gasteiger partial charge in [0.1, 0.15) is 5.69 Å². The molecule has 0 saturated heterocycles. The van der Waals surface area contributed by atoms with E-state index < -0.39 is 14.9 Å². The van der Waals surface area contributed by atoms with Crippen LogP contribution in [0.2, 0.25) is 0 Å². The van der Waals surface area contributed by atoms with Gasteiger partial charge in [-0.25, -0.2) is 13.6 Å². The first kappa shape index (κ1) is 16.0. The number of nitrogens with zero attached hydrogens (tertiary/aromatic N) is 2. The second-order valence-corrected chi connectivity index (χ2v) is 6.16. The summed E-state index contributed by atoms with van der Waals surface area (Å²) in [7, 11) is -4.00. The van der Waals surface area contributed by atoms with Gasteiger partial charge in [0.05, 0.1) is 22.3 Å². The van der Waals surface area contributed by atoms with Gasteiger partial charge in [-0.15, -0.1) is 0 Å². The second-order valence-electron chi connectivity index (χ2n) is 4.60. The first-order valence-electron chi connectivity index (χ1n) is 6.40. The van der Waals surface area contributed by atoms with Crippen molar-refractivity contribution < 1.29 is 17.8 Å². The Balaban J connectivity index is 2.46. The smallest absolute Gasteiger partial charge is 0.293 e. The molecule has 22 heavy (non-hydrogen) atoms. The molecule has 118 valence electrons. The van der Waals surface area contributed by atoms with Crippen molar-refractivity contribution in [1.29, 1.82) is 0 Å². The van der Waals surface area contributed by atoms with Crippen LogP contribution in [0.3, 0.4) is 0 Å². The van der Waals surface area contributed by atoms with Crippen molar-refractivity contribution >= 4 is 21.4 Å². The lowest BCUT2D eigenvalue weighted by atomic mass is 10.2. The second kappa shape index (κ2) is 6.16. The summed E-state index contributed by atoms with van der Waals surface area (Å²) in [5.41, 5.74) is 0.865. The highest BCUT2D eigenvalue weighted by Crippen LogP contribution is 2.31. The Morgan fingerprint density at radius 1 is 1.36 bits per heavy atom. The molecule has 0 atom stereocenters. The maximum atomic E-state index is 11.3. The van der Waals surface area contributed by atoms with E-state index in [2.05, 4.69) is 0 Å². The zero-order valence-electron chi connectivity index (χ0n) is 11.8. The van der Waals surface area contributed by atoms with Crippen molar-refractivity contribution in [3.63, 3.8) is 0 Å². The molecule has 0 unspecified atom stereocenters. The standard InChI is InChI=1S/C13H15N3O5S/c1-2-15(8-10-5-6-21-9-10)12-4-3-11(22(14,19)20)7-13(12)16(17)18/h3-7,9H,2,8H2,1H3,(H2,14,19,20). The molecule has 2 aromatic rings. The Morgan fingerprint density at radius 3 is 2.59 bits per heavy atom. The van der Waals surface area contributed by atoms with E-state index in [0.29, 0.717) is 18.8 Å².